The first-order valence-corrected chi connectivity index (χ1v) is 9.77. The van der Waals surface area contributed by atoms with Crippen molar-refractivity contribution in [2.45, 2.75) is 6.92 Å². The van der Waals surface area contributed by atoms with Crippen LogP contribution in [0.25, 0.3) is 10.2 Å². The molecule has 7 heteroatoms. The maximum atomic E-state index is 12.5. The Bertz CT molecular complexity index is 964. The molecule has 0 bridgehead atoms. The van der Waals surface area contributed by atoms with E-state index in [0.29, 0.717) is 13.1 Å². The van der Waals surface area contributed by atoms with Crippen molar-refractivity contribution in [1.82, 2.24) is 9.88 Å². The third-order valence-corrected chi connectivity index (χ3v) is 5.78. The number of nitrogens with one attached hydrogen (secondary N) is 1. The second kappa shape index (κ2) is 7.44. The summed E-state index contributed by atoms with van der Waals surface area (Å²) >= 11 is 1.66. The lowest BCUT2D eigenvalue weighted by Gasteiger charge is -2.34. The van der Waals surface area contributed by atoms with Gasteiger partial charge in [-0.15, -0.1) is 0 Å². The van der Waals surface area contributed by atoms with Crippen molar-refractivity contribution >= 4 is 38.4 Å². The Kier molecular flexibility index (Phi) is 4.85. The van der Waals surface area contributed by atoms with Gasteiger partial charge in [0.25, 0.3) is 0 Å². The van der Waals surface area contributed by atoms with Crippen LogP contribution >= 0.6 is 11.3 Å². The molecule has 140 valence electrons. The summed E-state index contributed by atoms with van der Waals surface area (Å²) in [5.74, 6) is 0.797. The molecule has 0 aliphatic carbocycles. The van der Waals surface area contributed by atoms with Gasteiger partial charge in [-0.25, -0.2) is 9.78 Å². The Morgan fingerprint density at radius 3 is 2.67 bits per heavy atom. The fourth-order valence-electron chi connectivity index (χ4n) is 3.24. The van der Waals surface area contributed by atoms with Gasteiger partial charge >= 0.3 is 6.03 Å². The number of para-hydroxylation sites is 1. The molecule has 1 N–H and O–H groups in total. The second-order valence-corrected chi connectivity index (χ2v) is 7.59. The van der Waals surface area contributed by atoms with Crippen molar-refractivity contribution in [3.63, 3.8) is 0 Å². The molecule has 1 aliphatic rings. The number of thiazole rings is 1. The number of aromatic nitrogens is 1. The molecule has 0 spiro atoms. The number of fused-ring (bicyclic) bond motifs is 1. The van der Waals surface area contributed by atoms with Crippen molar-refractivity contribution in [2.75, 3.05) is 43.5 Å². The van der Waals surface area contributed by atoms with Crippen molar-refractivity contribution in [2.24, 2.45) is 0 Å². The summed E-state index contributed by atoms with van der Waals surface area (Å²) in [4.78, 5) is 21.4. The summed E-state index contributed by atoms with van der Waals surface area (Å²) in [5, 5.41) is 3.96. The Morgan fingerprint density at radius 2 is 1.93 bits per heavy atom. The molecule has 0 unspecified atom stereocenters. The van der Waals surface area contributed by atoms with E-state index < -0.39 is 0 Å². The number of urea groups is 1. The lowest BCUT2D eigenvalue weighted by atomic mass is 10.2. The molecule has 6 nitrogen and oxygen atoms in total. The summed E-state index contributed by atoms with van der Waals surface area (Å²) in [6.45, 7) is 4.89. The number of hydrogen-bond acceptors (Lipinski definition) is 5. The standard InChI is InChI=1S/C20H22N4O2S/c1-14-5-3-6-15(13-14)21-19(25)23-9-11-24(12-10-23)20-22-18-16(26-2)7-4-8-17(18)27-20/h3-8,13H,9-12H2,1-2H3,(H,21,25). The monoisotopic (exact) mass is 382 g/mol. The van der Waals surface area contributed by atoms with E-state index in [2.05, 4.69) is 16.3 Å². The summed E-state index contributed by atoms with van der Waals surface area (Å²) < 4.78 is 6.52. The Labute approximate surface area is 162 Å². The van der Waals surface area contributed by atoms with Crippen LogP contribution < -0.4 is 15.0 Å². The minimum atomic E-state index is -0.0498. The van der Waals surface area contributed by atoms with E-state index in [0.717, 1.165) is 45.4 Å². The summed E-state index contributed by atoms with van der Waals surface area (Å²) in [6, 6.07) is 13.8. The third kappa shape index (κ3) is 3.68. The first kappa shape index (κ1) is 17.6. The van der Waals surface area contributed by atoms with Crippen LogP contribution in [0.5, 0.6) is 5.75 Å². The Balaban J connectivity index is 1.41. The van der Waals surface area contributed by atoms with Crippen LogP contribution in [0, 0.1) is 6.92 Å². The van der Waals surface area contributed by atoms with E-state index in [1.54, 1.807) is 18.4 Å². The number of nitrogens with zero attached hydrogens (tertiary/aromatic N) is 3. The van der Waals surface area contributed by atoms with Gasteiger partial charge < -0.3 is 19.9 Å². The number of carbonyl (C=O) groups excluding carboxylic acids is 1. The van der Waals surface area contributed by atoms with Crippen molar-refractivity contribution < 1.29 is 9.53 Å². The highest BCUT2D eigenvalue weighted by molar-refractivity contribution is 7.22. The number of amides is 2. The molecule has 3 aromatic rings. The van der Waals surface area contributed by atoms with Crippen LogP contribution in [-0.2, 0) is 0 Å². The van der Waals surface area contributed by atoms with Gasteiger partial charge in [0.15, 0.2) is 5.13 Å². The number of carbonyl (C=O) groups is 1. The lowest BCUT2D eigenvalue weighted by Crippen LogP contribution is -2.50. The van der Waals surface area contributed by atoms with Gasteiger partial charge in [-0.3, -0.25) is 0 Å². The zero-order valence-corrected chi connectivity index (χ0v) is 16.3. The molecule has 27 heavy (non-hydrogen) atoms. The van der Waals surface area contributed by atoms with E-state index in [9.17, 15) is 4.79 Å². The average Bonchev–Trinajstić information content (AvgIpc) is 3.12. The van der Waals surface area contributed by atoms with Gasteiger partial charge in [-0.2, -0.15) is 0 Å². The van der Waals surface area contributed by atoms with Gasteiger partial charge in [0.05, 0.1) is 11.8 Å². The first-order chi connectivity index (χ1) is 13.1. The maximum Gasteiger partial charge on any atom is 0.321 e. The third-order valence-electron chi connectivity index (χ3n) is 4.70. The van der Waals surface area contributed by atoms with Crippen molar-refractivity contribution in [3.8, 4) is 5.75 Å². The second-order valence-electron chi connectivity index (χ2n) is 6.58. The molecular weight excluding hydrogens is 360 g/mol. The quantitative estimate of drug-likeness (QED) is 0.745. The van der Waals surface area contributed by atoms with E-state index in [-0.39, 0.29) is 6.03 Å². The number of anilines is 2. The number of aryl methyl sites for hydroxylation is 1. The van der Waals surface area contributed by atoms with Crippen LogP contribution in [0.2, 0.25) is 0 Å². The normalized spacial score (nSPS) is 14.4. The van der Waals surface area contributed by atoms with Gasteiger partial charge in [0, 0.05) is 31.9 Å². The predicted octanol–water partition coefficient (Wildman–Crippen LogP) is 3.97. The number of piperazine rings is 1. The molecule has 2 amide bonds. The minimum Gasteiger partial charge on any atom is -0.494 e. The van der Waals surface area contributed by atoms with Crippen molar-refractivity contribution in [3.05, 3.63) is 48.0 Å². The molecule has 0 atom stereocenters. The molecule has 1 aliphatic heterocycles. The molecule has 1 aromatic heterocycles. The van der Waals surface area contributed by atoms with Crippen LogP contribution in [0.3, 0.4) is 0 Å². The van der Waals surface area contributed by atoms with Crippen LogP contribution in [0.1, 0.15) is 5.56 Å². The van der Waals surface area contributed by atoms with E-state index in [1.807, 2.05) is 48.2 Å². The van der Waals surface area contributed by atoms with Crippen molar-refractivity contribution in [1.29, 1.82) is 0 Å². The Hall–Kier alpha value is -2.80. The number of methoxy groups -OCH3 is 1. The van der Waals surface area contributed by atoms with Gasteiger partial charge in [0.1, 0.15) is 11.3 Å². The highest BCUT2D eigenvalue weighted by Crippen LogP contribution is 2.34. The van der Waals surface area contributed by atoms with Crippen LogP contribution in [0.4, 0.5) is 15.6 Å². The predicted molar refractivity (Wildman–Crippen MR) is 110 cm³/mol. The van der Waals surface area contributed by atoms with Crippen LogP contribution in [0.15, 0.2) is 42.5 Å². The van der Waals surface area contributed by atoms with Crippen LogP contribution in [-0.4, -0.2) is 49.2 Å². The molecule has 1 fully saturated rings. The highest BCUT2D eigenvalue weighted by atomic mass is 32.1. The topological polar surface area (TPSA) is 57.7 Å². The highest BCUT2D eigenvalue weighted by Gasteiger charge is 2.23. The van der Waals surface area contributed by atoms with E-state index in [4.69, 9.17) is 9.72 Å². The molecule has 2 aromatic carbocycles. The van der Waals surface area contributed by atoms with Gasteiger partial charge in [0.2, 0.25) is 0 Å². The summed E-state index contributed by atoms with van der Waals surface area (Å²) in [5.41, 5.74) is 2.87. The maximum absolute atomic E-state index is 12.5. The molecule has 4 rings (SSSR count). The average molecular weight is 382 g/mol. The molecular formula is C20H22N4O2S. The lowest BCUT2D eigenvalue weighted by molar-refractivity contribution is 0.208. The largest absolute Gasteiger partial charge is 0.494 e. The smallest absolute Gasteiger partial charge is 0.321 e. The SMILES string of the molecule is COc1cccc2sc(N3CCN(C(=O)Nc4cccc(C)c4)CC3)nc12. The van der Waals surface area contributed by atoms with E-state index in [1.165, 1.54) is 0 Å². The summed E-state index contributed by atoms with van der Waals surface area (Å²) in [6.07, 6.45) is 0. The molecule has 0 saturated carbocycles. The van der Waals surface area contributed by atoms with Gasteiger partial charge in [-0.05, 0) is 36.8 Å². The fourth-order valence-corrected chi connectivity index (χ4v) is 4.27. The number of hydrogen-bond donors (Lipinski definition) is 1. The summed E-state index contributed by atoms with van der Waals surface area (Å²) in [7, 11) is 1.67. The van der Waals surface area contributed by atoms with E-state index >= 15 is 0 Å². The first-order valence-electron chi connectivity index (χ1n) is 8.95. The molecule has 0 radical (unpaired) electrons. The number of rotatable bonds is 3. The Morgan fingerprint density at radius 1 is 1.15 bits per heavy atom. The number of ether oxygens (including phenoxy) is 1. The molecule has 1 saturated heterocycles. The molecule has 2 heterocycles. The fraction of sp³-hybridized carbons (Fsp3) is 0.300. The zero-order chi connectivity index (χ0) is 18.8. The zero-order valence-electron chi connectivity index (χ0n) is 15.4. The number of benzene rings is 2. The van der Waals surface area contributed by atoms with Gasteiger partial charge in [-0.1, -0.05) is 29.5 Å². The minimum absolute atomic E-state index is 0.0498.